The number of benzene rings is 2. The Kier molecular flexibility index (Phi) is 6.76. The van der Waals surface area contributed by atoms with Crippen LogP contribution >= 0.6 is 0 Å². The number of carbonyl (C=O) groups is 1. The normalized spacial score (nSPS) is 15.1. The highest BCUT2D eigenvalue weighted by Gasteiger charge is 2.24. The monoisotopic (exact) mass is 446 g/mol. The maximum absolute atomic E-state index is 13.4. The number of nitro benzene ring substituents is 1. The molecule has 1 atom stereocenters. The molecule has 1 aliphatic heterocycles. The molecule has 1 amide bonds. The Bertz CT molecular complexity index is 1160. The summed E-state index contributed by atoms with van der Waals surface area (Å²) < 4.78 is 5.40. The van der Waals surface area contributed by atoms with Crippen LogP contribution in [0, 0.1) is 17.0 Å². The number of nitro groups is 1. The van der Waals surface area contributed by atoms with Crippen molar-refractivity contribution in [2.75, 3.05) is 26.3 Å². The topological polar surface area (TPSA) is 97.6 Å². The highest BCUT2D eigenvalue weighted by atomic mass is 16.6. The van der Waals surface area contributed by atoms with Gasteiger partial charge in [0.05, 0.1) is 41.3 Å². The van der Waals surface area contributed by atoms with E-state index in [9.17, 15) is 14.9 Å². The van der Waals surface area contributed by atoms with Gasteiger partial charge in [0, 0.05) is 30.8 Å². The maximum atomic E-state index is 13.4. The number of morpholine rings is 1. The van der Waals surface area contributed by atoms with Crippen molar-refractivity contribution in [2.24, 2.45) is 0 Å². The molecule has 4 rings (SSSR count). The van der Waals surface area contributed by atoms with Crippen LogP contribution in [0.1, 0.15) is 23.0 Å². The number of nitrogens with zero attached hydrogens (tertiary/aromatic N) is 3. The van der Waals surface area contributed by atoms with Gasteiger partial charge in [0.15, 0.2) is 0 Å². The van der Waals surface area contributed by atoms with Crippen molar-refractivity contribution >= 4 is 11.6 Å². The second-order valence-electron chi connectivity index (χ2n) is 7.99. The Morgan fingerprint density at radius 2 is 1.79 bits per heavy atom. The van der Waals surface area contributed by atoms with E-state index in [1.165, 1.54) is 12.1 Å². The average Bonchev–Trinajstić information content (AvgIpc) is 2.84. The van der Waals surface area contributed by atoms with Crippen LogP contribution < -0.4 is 5.32 Å². The minimum absolute atomic E-state index is 0.0312. The van der Waals surface area contributed by atoms with Gasteiger partial charge in [0.25, 0.3) is 11.6 Å². The predicted octanol–water partition coefficient (Wildman–Crippen LogP) is 4.04. The van der Waals surface area contributed by atoms with Crippen molar-refractivity contribution in [1.82, 2.24) is 15.2 Å². The van der Waals surface area contributed by atoms with E-state index in [4.69, 9.17) is 9.72 Å². The van der Waals surface area contributed by atoms with Crippen LogP contribution in [0.2, 0.25) is 0 Å². The molecule has 0 radical (unpaired) electrons. The van der Waals surface area contributed by atoms with Gasteiger partial charge in [0.2, 0.25) is 0 Å². The molecular weight excluding hydrogens is 420 g/mol. The molecule has 8 heteroatoms. The van der Waals surface area contributed by atoms with E-state index < -0.39 is 4.92 Å². The van der Waals surface area contributed by atoms with Gasteiger partial charge < -0.3 is 10.1 Å². The lowest BCUT2D eigenvalue weighted by molar-refractivity contribution is -0.384. The largest absolute Gasteiger partial charge is 0.379 e. The number of non-ortho nitro benzene ring substituents is 1. The molecule has 0 spiro atoms. The second kappa shape index (κ2) is 9.89. The Hall–Kier alpha value is -3.62. The Labute approximate surface area is 192 Å². The number of rotatable bonds is 6. The predicted molar refractivity (Wildman–Crippen MR) is 126 cm³/mol. The second-order valence-corrected chi connectivity index (χ2v) is 7.99. The molecule has 3 aromatic rings. The highest BCUT2D eigenvalue weighted by molar-refractivity contribution is 6.02. The van der Waals surface area contributed by atoms with E-state index in [-0.39, 0.29) is 17.8 Å². The van der Waals surface area contributed by atoms with Gasteiger partial charge in [-0.05, 0) is 31.0 Å². The molecule has 1 fully saturated rings. The molecule has 2 aromatic carbocycles. The van der Waals surface area contributed by atoms with Crippen LogP contribution in [0.15, 0.2) is 60.7 Å². The number of nitrogens with one attached hydrogen (secondary N) is 1. The molecule has 0 bridgehead atoms. The van der Waals surface area contributed by atoms with Crippen molar-refractivity contribution in [2.45, 2.75) is 20.0 Å². The minimum atomic E-state index is -0.435. The number of pyridine rings is 1. The van der Waals surface area contributed by atoms with Crippen LogP contribution in [-0.2, 0) is 4.74 Å². The van der Waals surface area contributed by atoms with Crippen molar-refractivity contribution in [3.63, 3.8) is 0 Å². The number of hydrogen-bond donors (Lipinski definition) is 1. The van der Waals surface area contributed by atoms with Crippen molar-refractivity contribution in [3.8, 4) is 22.4 Å². The molecule has 170 valence electrons. The van der Waals surface area contributed by atoms with Crippen LogP contribution in [0.3, 0.4) is 0 Å². The summed E-state index contributed by atoms with van der Waals surface area (Å²) in [4.78, 5) is 31.2. The molecular formula is C25H26N4O4. The Balaban J connectivity index is 1.77. The standard InChI is InChI=1S/C25H26N4O4/c1-17-24(25(30)27-18(2)28-11-13-33-14-12-28)22(20-9-6-10-21(15-20)29(31)32)16-23(26-17)19-7-4-3-5-8-19/h3-10,15-16,18H,11-14H2,1-2H3,(H,27,30). The first-order valence-electron chi connectivity index (χ1n) is 10.9. The van der Waals surface area contributed by atoms with Gasteiger partial charge in [0.1, 0.15) is 0 Å². The zero-order valence-electron chi connectivity index (χ0n) is 18.7. The molecule has 1 aliphatic rings. The first-order chi connectivity index (χ1) is 15.9. The number of amides is 1. The minimum Gasteiger partial charge on any atom is -0.379 e. The summed E-state index contributed by atoms with van der Waals surface area (Å²) in [5.41, 5.74) is 3.75. The SMILES string of the molecule is Cc1nc(-c2ccccc2)cc(-c2cccc([N+](=O)[O-])c2)c1C(=O)NC(C)N1CCOCC1. The van der Waals surface area contributed by atoms with Gasteiger partial charge in [-0.2, -0.15) is 0 Å². The molecule has 1 saturated heterocycles. The Morgan fingerprint density at radius 3 is 2.48 bits per heavy atom. The third-order valence-corrected chi connectivity index (χ3v) is 5.80. The number of carbonyl (C=O) groups excluding carboxylic acids is 1. The summed E-state index contributed by atoms with van der Waals surface area (Å²) in [6, 6.07) is 17.8. The zero-order valence-corrected chi connectivity index (χ0v) is 18.7. The van der Waals surface area contributed by atoms with Crippen molar-refractivity contribution < 1.29 is 14.5 Å². The first kappa shape index (κ1) is 22.6. The third kappa shape index (κ3) is 5.08. The molecule has 33 heavy (non-hydrogen) atoms. The average molecular weight is 447 g/mol. The van der Waals surface area contributed by atoms with Crippen LogP contribution in [0.5, 0.6) is 0 Å². The van der Waals surface area contributed by atoms with E-state index >= 15 is 0 Å². The summed E-state index contributed by atoms with van der Waals surface area (Å²) in [6.45, 7) is 6.47. The fourth-order valence-corrected chi connectivity index (χ4v) is 4.05. The number of aromatic nitrogens is 1. The smallest absolute Gasteiger partial charge is 0.270 e. The molecule has 1 aromatic heterocycles. The van der Waals surface area contributed by atoms with Gasteiger partial charge in [-0.3, -0.25) is 24.8 Å². The lowest BCUT2D eigenvalue weighted by atomic mass is 9.95. The van der Waals surface area contributed by atoms with Crippen LogP contribution in [-0.4, -0.2) is 53.2 Å². The van der Waals surface area contributed by atoms with E-state index in [2.05, 4.69) is 10.2 Å². The molecule has 1 N–H and O–H groups in total. The maximum Gasteiger partial charge on any atom is 0.270 e. The van der Waals surface area contributed by atoms with Crippen molar-refractivity contribution in [3.05, 3.63) is 82.0 Å². The van der Waals surface area contributed by atoms with E-state index in [0.29, 0.717) is 41.3 Å². The van der Waals surface area contributed by atoms with E-state index in [1.54, 1.807) is 19.1 Å². The number of ether oxygens (including phenoxy) is 1. The van der Waals surface area contributed by atoms with Gasteiger partial charge in [-0.1, -0.05) is 42.5 Å². The third-order valence-electron chi connectivity index (χ3n) is 5.80. The van der Waals surface area contributed by atoms with Crippen LogP contribution in [0.25, 0.3) is 22.4 Å². The summed E-state index contributed by atoms with van der Waals surface area (Å²) in [7, 11) is 0. The molecule has 8 nitrogen and oxygen atoms in total. The summed E-state index contributed by atoms with van der Waals surface area (Å²) >= 11 is 0. The molecule has 2 heterocycles. The lowest BCUT2D eigenvalue weighted by Crippen LogP contribution is -2.50. The van der Waals surface area contributed by atoms with E-state index in [1.807, 2.05) is 43.3 Å². The first-order valence-corrected chi connectivity index (χ1v) is 10.9. The molecule has 0 saturated carbocycles. The fourth-order valence-electron chi connectivity index (χ4n) is 4.05. The summed E-state index contributed by atoms with van der Waals surface area (Å²) in [6.07, 6.45) is -0.187. The number of aryl methyl sites for hydroxylation is 1. The molecule has 1 unspecified atom stereocenters. The van der Waals surface area contributed by atoms with Gasteiger partial charge in [-0.15, -0.1) is 0 Å². The zero-order chi connectivity index (χ0) is 23.4. The Morgan fingerprint density at radius 1 is 1.09 bits per heavy atom. The quantitative estimate of drug-likeness (QED) is 0.453. The van der Waals surface area contributed by atoms with E-state index in [0.717, 1.165) is 18.7 Å². The summed E-state index contributed by atoms with van der Waals surface area (Å²) in [5.74, 6) is -0.264. The van der Waals surface area contributed by atoms with Gasteiger partial charge >= 0.3 is 0 Å². The fraction of sp³-hybridized carbons (Fsp3) is 0.280. The molecule has 0 aliphatic carbocycles. The van der Waals surface area contributed by atoms with Gasteiger partial charge in [-0.25, -0.2) is 0 Å². The summed E-state index contributed by atoms with van der Waals surface area (Å²) in [5, 5.41) is 14.4. The number of hydrogen-bond acceptors (Lipinski definition) is 6. The van der Waals surface area contributed by atoms with Crippen LogP contribution in [0.4, 0.5) is 5.69 Å². The highest BCUT2D eigenvalue weighted by Crippen LogP contribution is 2.32. The lowest BCUT2D eigenvalue weighted by Gasteiger charge is -2.32. The van der Waals surface area contributed by atoms with Crippen molar-refractivity contribution in [1.29, 1.82) is 0 Å².